The Labute approximate surface area is 177 Å². The molecule has 1 aromatic heterocycles. The van der Waals surface area contributed by atoms with Crippen molar-refractivity contribution in [2.75, 3.05) is 0 Å². The van der Waals surface area contributed by atoms with E-state index in [0.717, 1.165) is 16.5 Å². The third kappa shape index (κ3) is 3.02. The quantitative estimate of drug-likeness (QED) is 0.569. The van der Waals surface area contributed by atoms with Gasteiger partial charge in [-0.3, -0.25) is 0 Å². The second kappa shape index (κ2) is 7.22. The van der Waals surface area contributed by atoms with Gasteiger partial charge in [-0.05, 0) is 30.2 Å². The minimum atomic E-state index is -0.756. The van der Waals surface area contributed by atoms with Gasteiger partial charge < -0.3 is 15.5 Å². The highest BCUT2D eigenvalue weighted by Gasteiger charge is 2.35. The van der Waals surface area contributed by atoms with Crippen LogP contribution in [0.15, 0.2) is 59.6 Å². The van der Waals surface area contributed by atoms with Gasteiger partial charge in [0.2, 0.25) is 5.88 Å². The van der Waals surface area contributed by atoms with Crippen LogP contribution in [0, 0.1) is 29.6 Å². The summed E-state index contributed by atoms with van der Waals surface area (Å²) in [6, 6.07) is 15.0. The highest BCUT2D eigenvalue weighted by Crippen LogP contribution is 2.45. The molecule has 1 aliphatic heterocycles. The van der Waals surface area contributed by atoms with Crippen LogP contribution in [-0.2, 0) is 4.74 Å². The number of para-hydroxylation sites is 1. The Balaban J connectivity index is 2.01. The van der Waals surface area contributed by atoms with Crippen LogP contribution in [0.1, 0.15) is 22.6 Å². The fourth-order valence-corrected chi connectivity index (χ4v) is 4.13. The Bertz CT molecular complexity index is 1300. The molecule has 142 valence electrons. The lowest BCUT2D eigenvalue weighted by molar-refractivity contribution is 0.358. The monoisotopic (exact) mass is 420 g/mol. The molecule has 3 N–H and O–H groups in total. The zero-order chi connectivity index (χ0) is 20.7. The molecule has 0 fully saturated rings. The maximum Gasteiger partial charge on any atom is 0.205 e. The number of allylic oxidation sites excluding steroid dienone is 2. The van der Waals surface area contributed by atoms with Crippen LogP contribution in [-0.4, -0.2) is 4.98 Å². The smallest absolute Gasteiger partial charge is 0.205 e. The lowest BCUT2D eigenvalue weighted by Crippen LogP contribution is -2.20. The molecule has 3 aromatic rings. The maximum atomic E-state index is 10.0. The molecule has 1 atom stereocenters. The molecular formula is C22H14Cl2N4O. The normalized spacial score (nSPS) is 16.5. The van der Waals surface area contributed by atoms with Crippen molar-refractivity contribution < 1.29 is 4.74 Å². The predicted molar refractivity (Wildman–Crippen MR) is 113 cm³/mol. The second-order valence-electron chi connectivity index (χ2n) is 6.65. The first-order chi connectivity index (χ1) is 14.0. The van der Waals surface area contributed by atoms with Gasteiger partial charge in [0.1, 0.15) is 11.6 Å². The van der Waals surface area contributed by atoms with Crippen molar-refractivity contribution in [2.45, 2.75) is 12.8 Å². The fraction of sp³-hybridized carbons (Fsp3) is 0.0909. The minimum Gasteiger partial charge on any atom is -0.439 e. The van der Waals surface area contributed by atoms with Crippen molar-refractivity contribution in [3.8, 4) is 12.1 Å². The summed E-state index contributed by atoms with van der Waals surface area (Å²) >= 11 is 12.4. The predicted octanol–water partition coefficient (Wildman–Crippen LogP) is 5.53. The zero-order valence-corrected chi connectivity index (χ0v) is 16.8. The number of rotatable bonds is 2. The van der Waals surface area contributed by atoms with Crippen LogP contribution in [0.5, 0.6) is 0 Å². The molecule has 2 heterocycles. The van der Waals surface area contributed by atoms with E-state index in [0.29, 0.717) is 26.9 Å². The Kier molecular flexibility index (Phi) is 4.72. The van der Waals surface area contributed by atoms with Gasteiger partial charge in [0, 0.05) is 32.7 Å². The van der Waals surface area contributed by atoms with E-state index in [2.05, 4.69) is 17.1 Å². The van der Waals surface area contributed by atoms with Gasteiger partial charge in [-0.25, -0.2) is 0 Å². The molecule has 0 radical (unpaired) electrons. The Morgan fingerprint density at radius 3 is 2.55 bits per heavy atom. The summed E-state index contributed by atoms with van der Waals surface area (Å²) in [5.41, 5.74) is 9.72. The number of nitrogens with two attached hydrogens (primary N) is 1. The number of nitriles is 2. The van der Waals surface area contributed by atoms with E-state index in [1.807, 2.05) is 25.1 Å². The van der Waals surface area contributed by atoms with Crippen molar-refractivity contribution in [1.29, 1.82) is 10.5 Å². The number of aromatic nitrogens is 1. The Morgan fingerprint density at radius 1 is 1.10 bits per heavy atom. The highest BCUT2D eigenvalue weighted by molar-refractivity contribution is 6.35. The van der Waals surface area contributed by atoms with Gasteiger partial charge in [-0.2, -0.15) is 10.5 Å². The number of halogens is 2. The van der Waals surface area contributed by atoms with Crippen LogP contribution in [0.4, 0.5) is 0 Å². The van der Waals surface area contributed by atoms with E-state index in [-0.39, 0.29) is 17.0 Å². The first-order valence-corrected chi connectivity index (χ1v) is 9.45. The number of aryl methyl sites for hydroxylation is 1. The van der Waals surface area contributed by atoms with E-state index in [9.17, 15) is 10.5 Å². The first kappa shape index (κ1) is 19.0. The molecule has 29 heavy (non-hydrogen) atoms. The SMILES string of the molecule is Cc1cccc2c(C3=C(C#N)C(c4ccc(Cl)cc4Cl)C(C#N)=C(N)O3)c[nH]c12. The third-order valence-corrected chi connectivity index (χ3v) is 5.54. The molecule has 1 unspecified atom stereocenters. The van der Waals surface area contributed by atoms with E-state index >= 15 is 0 Å². The molecule has 0 bridgehead atoms. The average Bonchev–Trinajstić information content (AvgIpc) is 3.12. The number of hydrogen-bond donors (Lipinski definition) is 2. The molecule has 2 aromatic carbocycles. The summed E-state index contributed by atoms with van der Waals surface area (Å²) in [5, 5.41) is 21.4. The van der Waals surface area contributed by atoms with E-state index in [4.69, 9.17) is 33.7 Å². The van der Waals surface area contributed by atoms with Gasteiger partial charge in [0.25, 0.3) is 0 Å². The lowest BCUT2D eigenvalue weighted by atomic mass is 9.82. The summed E-state index contributed by atoms with van der Waals surface area (Å²) in [5.74, 6) is -0.510. The molecule has 0 spiro atoms. The van der Waals surface area contributed by atoms with E-state index in [1.165, 1.54) is 0 Å². The largest absolute Gasteiger partial charge is 0.439 e. The van der Waals surface area contributed by atoms with E-state index < -0.39 is 5.92 Å². The van der Waals surface area contributed by atoms with Crippen LogP contribution >= 0.6 is 23.2 Å². The topological polar surface area (TPSA) is 98.6 Å². The highest BCUT2D eigenvalue weighted by atomic mass is 35.5. The summed E-state index contributed by atoms with van der Waals surface area (Å²) < 4.78 is 5.80. The number of benzene rings is 2. The van der Waals surface area contributed by atoms with Crippen molar-refractivity contribution in [3.63, 3.8) is 0 Å². The molecule has 5 nitrogen and oxygen atoms in total. The minimum absolute atomic E-state index is 0.0560. The Hall–Kier alpha value is -3.38. The summed E-state index contributed by atoms with van der Waals surface area (Å²) in [6.07, 6.45) is 1.77. The molecule has 1 aliphatic rings. The number of H-pyrrole nitrogens is 1. The first-order valence-electron chi connectivity index (χ1n) is 8.70. The number of hydrogen-bond acceptors (Lipinski definition) is 4. The molecule has 0 saturated carbocycles. The zero-order valence-electron chi connectivity index (χ0n) is 15.3. The van der Waals surface area contributed by atoms with Crippen LogP contribution in [0.2, 0.25) is 10.0 Å². The van der Waals surface area contributed by atoms with Crippen LogP contribution < -0.4 is 5.73 Å². The molecule has 0 saturated heterocycles. The molecule has 7 heteroatoms. The Morgan fingerprint density at radius 2 is 1.86 bits per heavy atom. The van der Waals surface area contributed by atoms with Gasteiger partial charge in [0.15, 0.2) is 5.76 Å². The number of nitrogens with one attached hydrogen (secondary N) is 1. The van der Waals surface area contributed by atoms with Gasteiger partial charge >= 0.3 is 0 Å². The lowest BCUT2D eigenvalue weighted by Gasteiger charge is -2.26. The molecule has 0 amide bonds. The average molecular weight is 421 g/mol. The van der Waals surface area contributed by atoms with Crippen molar-refractivity contribution >= 4 is 39.9 Å². The standard InChI is InChI=1S/C22H14Cl2N4O/c1-11-3-2-4-13-17(10-28-20(11)13)21-15(8-25)19(16(9-26)22(27)29-21)14-6-5-12(23)7-18(14)24/h2-7,10,19,28H,27H2,1H3. The second-order valence-corrected chi connectivity index (χ2v) is 7.49. The molecular weight excluding hydrogens is 407 g/mol. The maximum absolute atomic E-state index is 10.0. The van der Waals surface area contributed by atoms with Crippen molar-refractivity contribution in [1.82, 2.24) is 4.98 Å². The van der Waals surface area contributed by atoms with Crippen molar-refractivity contribution in [2.24, 2.45) is 5.73 Å². The number of fused-ring (bicyclic) bond motifs is 1. The molecule has 0 aliphatic carbocycles. The third-order valence-electron chi connectivity index (χ3n) is 4.98. The number of ether oxygens (including phenoxy) is 1. The van der Waals surface area contributed by atoms with Crippen LogP contribution in [0.3, 0.4) is 0 Å². The van der Waals surface area contributed by atoms with Gasteiger partial charge in [-0.1, -0.05) is 47.5 Å². The summed E-state index contributed by atoms with van der Waals surface area (Å²) in [4.78, 5) is 3.22. The number of nitrogens with zero attached hydrogens (tertiary/aromatic N) is 2. The fourth-order valence-electron chi connectivity index (χ4n) is 3.61. The van der Waals surface area contributed by atoms with E-state index in [1.54, 1.807) is 24.4 Å². The summed E-state index contributed by atoms with van der Waals surface area (Å²) in [7, 11) is 0. The van der Waals surface area contributed by atoms with Crippen molar-refractivity contribution in [3.05, 3.63) is 86.4 Å². The summed E-state index contributed by atoms with van der Waals surface area (Å²) in [6.45, 7) is 1.99. The van der Waals surface area contributed by atoms with Gasteiger partial charge in [0.05, 0.1) is 17.6 Å². The molecule has 4 rings (SSSR count). The number of aromatic amines is 1. The van der Waals surface area contributed by atoms with Gasteiger partial charge in [-0.15, -0.1) is 0 Å². The van der Waals surface area contributed by atoms with Crippen LogP contribution in [0.25, 0.3) is 16.7 Å².